The van der Waals surface area contributed by atoms with Crippen LogP contribution < -0.4 is 4.74 Å². The summed E-state index contributed by atoms with van der Waals surface area (Å²) in [5, 5.41) is 12.8. The number of ketones is 1. The van der Waals surface area contributed by atoms with Crippen molar-refractivity contribution in [2.24, 2.45) is 17.8 Å². The van der Waals surface area contributed by atoms with Gasteiger partial charge in [-0.25, -0.2) is 0 Å². The summed E-state index contributed by atoms with van der Waals surface area (Å²) in [6.45, 7) is 14.0. The lowest BCUT2D eigenvalue weighted by Crippen LogP contribution is -2.70. The van der Waals surface area contributed by atoms with Gasteiger partial charge >= 0.3 is 5.97 Å². The third-order valence-corrected chi connectivity index (χ3v) is 11.1. The van der Waals surface area contributed by atoms with Gasteiger partial charge in [0.25, 0.3) is 5.97 Å². The molecule has 0 amide bonds. The van der Waals surface area contributed by atoms with Gasteiger partial charge in [-0.05, 0) is 66.2 Å². The molecule has 0 spiro atoms. The molecule has 48 heavy (non-hydrogen) atoms. The zero-order valence-electron chi connectivity index (χ0n) is 27.5. The molecule has 8 nitrogen and oxygen atoms in total. The van der Waals surface area contributed by atoms with Crippen molar-refractivity contribution < 1.29 is 38.4 Å². The first-order chi connectivity index (χ1) is 22.9. The third kappa shape index (κ3) is 5.03. The van der Waals surface area contributed by atoms with Gasteiger partial charge in [-0.15, -0.1) is 0 Å². The Bertz CT molecular complexity index is 1750. The van der Waals surface area contributed by atoms with Crippen LogP contribution in [-0.2, 0) is 41.4 Å². The minimum absolute atomic E-state index is 0.00749. The van der Waals surface area contributed by atoms with Crippen molar-refractivity contribution in [2.45, 2.75) is 75.3 Å². The Labute approximate surface area is 286 Å². The summed E-state index contributed by atoms with van der Waals surface area (Å²) in [5.41, 5.74) is -0.152. The van der Waals surface area contributed by atoms with Crippen LogP contribution in [0.2, 0.25) is 5.02 Å². The van der Waals surface area contributed by atoms with Crippen molar-refractivity contribution >= 4 is 23.4 Å². The quantitative estimate of drug-likeness (QED) is 0.234. The number of fused-ring (bicyclic) bond motifs is 2. The van der Waals surface area contributed by atoms with E-state index in [-0.39, 0.29) is 31.1 Å². The number of carbonyl (C=O) groups is 2. The van der Waals surface area contributed by atoms with Crippen LogP contribution in [0.4, 0.5) is 0 Å². The van der Waals surface area contributed by atoms with Gasteiger partial charge in [0.05, 0.1) is 23.5 Å². The Morgan fingerprint density at radius 1 is 1.15 bits per heavy atom. The van der Waals surface area contributed by atoms with E-state index >= 15 is 0 Å². The van der Waals surface area contributed by atoms with E-state index in [1.54, 1.807) is 31.2 Å². The molecule has 2 saturated heterocycles. The summed E-state index contributed by atoms with van der Waals surface area (Å²) in [5.74, 6) is -3.06. The van der Waals surface area contributed by atoms with E-state index in [1.807, 2.05) is 49.4 Å². The predicted octanol–water partition coefficient (Wildman–Crippen LogP) is 6.25. The van der Waals surface area contributed by atoms with Crippen molar-refractivity contribution in [1.29, 1.82) is 0 Å². The summed E-state index contributed by atoms with van der Waals surface area (Å²) >= 11 is 6.36. The zero-order chi connectivity index (χ0) is 34.1. The number of aliphatic hydroxyl groups is 1. The van der Waals surface area contributed by atoms with Crippen molar-refractivity contribution in [1.82, 2.24) is 0 Å². The molecule has 8 unspecified atom stereocenters. The first-order valence-electron chi connectivity index (χ1n) is 16.5. The number of ether oxygens (including phenoxy) is 5. The van der Waals surface area contributed by atoms with Gasteiger partial charge in [-0.2, -0.15) is 0 Å². The van der Waals surface area contributed by atoms with Crippen molar-refractivity contribution in [3.05, 3.63) is 113 Å². The van der Waals surface area contributed by atoms with Crippen LogP contribution in [0.25, 0.3) is 0 Å². The lowest BCUT2D eigenvalue weighted by atomic mass is 9.55. The molecule has 2 aromatic carbocycles. The molecule has 1 saturated carbocycles. The minimum Gasteiger partial charge on any atom is -0.488 e. The molecule has 7 rings (SSSR count). The van der Waals surface area contributed by atoms with Gasteiger partial charge in [0, 0.05) is 18.3 Å². The molecule has 0 radical (unpaired) electrons. The molecule has 2 aromatic rings. The minimum atomic E-state index is -1.80. The maximum atomic E-state index is 13.8. The van der Waals surface area contributed by atoms with Crippen LogP contribution in [-0.4, -0.2) is 59.0 Å². The Morgan fingerprint density at radius 2 is 1.92 bits per heavy atom. The predicted molar refractivity (Wildman–Crippen MR) is 179 cm³/mol. The molecule has 3 bridgehead atoms. The molecule has 1 N–H and O–H groups in total. The maximum Gasteiger partial charge on any atom is 0.310 e. The van der Waals surface area contributed by atoms with Gasteiger partial charge in [-0.1, -0.05) is 86.3 Å². The average Bonchev–Trinajstić information content (AvgIpc) is 3.35. The molecule has 3 aliphatic carbocycles. The molecule has 8 atom stereocenters. The molecule has 2 heterocycles. The fraction of sp³-hybridized carbons (Fsp3) is 0.436. The largest absolute Gasteiger partial charge is 0.488 e. The van der Waals surface area contributed by atoms with Crippen molar-refractivity contribution in [2.75, 3.05) is 13.2 Å². The van der Waals surface area contributed by atoms with E-state index < -0.39 is 46.7 Å². The van der Waals surface area contributed by atoms with Gasteiger partial charge in [0.1, 0.15) is 36.3 Å². The van der Waals surface area contributed by atoms with E-state index in [1.165, 1.54) is 0 Å². The maximum absolute atomic E-state index is 13.8. The number of halogens is 1. The first kappa shape index (κ1) is 33.0. The van der Waals surface area contributed by atoms with Crippen molar-refractivity contribution in [3.63, 3.8) is 0 Å². The number of benzene rings is 2. The molecule has 9 heteroatoms. The second kappa shape index (κ2) is 11.8. The summed E-state index contributed by atoms with van der Waals surface area (Å²) in [6.07, 6.45) is 5.83. The molecule has 2 aliphatic heterocycles. The smallest absolute Gasteiger partial charge is 0.310 e. The number of hydrogen-bond acceptors (Lipinski definition) is 8. The summed E-state index contributed by atoms with van der Waals surface area (Å²) in [6, 6.07) is 15.0. The molecular formula is C39H41ClO8. The molecular weight excluding hydrogens is 632 g/mol. The fourth-order valence-corrected chi connectivity index (χ4v) is 9.06. The third-order valence-electron chi connectivity index (χ3n) is 10.8. The number of rotatable bonds is 10. The van der Waals surface area contributed by atoms with E-state index in [4.69, 9.17) is 35.3 Å². The Kier molecular flexibility index (Phi) is 8.12. The van der Waals surface area contributed by atoms with E-state index in [0.717, 1.165) is 11.1 Å². The highest BCUT2D eigenvalue weighted by Crippen LogP contribution is 2.68. The Hall–Kier alpha value is -3.53. The topological polar surface area (TPSA) is 101 Å². The number of Topliss-reactive ketones (excluding diaryl/α,β-unsaturated/α-hetero) is 1. The van der Waals surface area contributed by atoms with E-state index in [9.17, 15) is 14.7 Å². The SMILES string of the molecule is C=CCOc1ccc(CC(=O)OCC2=CC3C4OC5(Cc6ccccc6)OC4(C(=C)C)CC(C)C3(O5)C3C=C(C)C(=O)C3(O)C2)cc1Cl. The molecule has 0 aromatic heterocycles. The van der Waals surface area contributed by atoms with Gasteiger partial charge in [0.2, 0.25) is 0 Å². The summed E-state index contributed by atoms with van der Waals surface area (Å²) in [7, 11) is 0. The highest BCUT2D eigenvalue weighted by atomic mass is 35.5. The standard InChI is InChI=1S/C39H41ClO8/c1-6-14-44-31-13-12-27(17-30(31)40)18-33(41)45-22-28-16-29-35-37(23(2)3)19-25(5)39(29,32-15-24(4)34(42)36(32,43)20-28)48-38(46-35,47-37)21-26-10-8-7-9-11-26/h6-13,15-17,25,29,32,35,43H,1-2,14,18-22H2,3-5H3. The van der Waals surface area contributed by atoms with Gasteiger partial charge < -0.3 is 28.8 Å². The Morgan fingerprint density at radius 3 is 2.62 bits per heavy atom. The normalized spacial score (nSPS) is 36.0. The lowest BCUT2D eigenvalue weighted by Gasteiger charge is -2.59. The highest BCUT2D eigenvalue weighted by Gasteiger charge is 2.79. The van der Waals surface area contributed by atoms with Crippen LogP contribution in [0.5, 0.6) is 5.75 Å². The lowest BCUT2D eigenvalue weighted by molar-refractivity contribution is -0.421. The summed E-state index contributed by atoms with van der Waals surface area (Å²) in [4.78, 5) is 26.9. The van der Waals surface area contributed by atoms with Gasteiger partial charge in [0.15, 0.2) is 5.78 Å². The van der Waals surface area contributed by atoms with E-state index in [2.05, 4.69) is 20.1 Å². The molecule has 252 valence electrons. The second-order valence-electron chi connectivity index (χ2n) is 14.0. The monoisotopic (exact) mass is 672 g/mol. The van der Waals surface area contributed by atoms with Gasteiger partial charge in [-0.3, -0.25) is 9.59 Å². The number of carbonyl (C=O) groups excluding carboxylic acids is 2. The second-order valence-corrected chi connectivity index (χ2v) is 14.4. The Balaban J connectivity index is 1.23. The number of hydrogen-bond donors (Lipinski definition) is 1. The molecule has 5 aliphatic rings. The van der Waals surface area contributed by atoms with Crippen LogP contribution in [0, 0.1) is 17.8 Å². The summed E-state index contributed by atoms with van der Waals surface area (Å²) < 4.78 is 32.2. The van der Waals surface area contributed by atoms with Crippen molar-refractivity contribution in [3.8, 4) is 5.75 Å². The fourth-order valence-electron chi connectivity index (χ4n) is 8.80. The van der Waals surface area contributed by atoms with Crippen LogP contribution in [0.1, 0.15) is 44.7 Å². The first-order valence-corrected chi connectivity index (χ1v) is 16.8. The number of esters is 1. The zero-order valence-corrected chi connectivity index (χ0v) is 28.3. The highest BCUT2D eigenvalue weighted by molar-refractivity contribution is 6.32. The van der Waals surface area contributed by atoms with Crippen LogP contribution >= 0.6 is 11.6 Å². The average molecular weight is 673 g/mol. The van der Waals surface area contributed by atoms with Crippen LogP contribution in [0.3, 0.4) is 0 Å². The van der Waals surface area contributed by atoms with Crippen LogP contribution in [0.15, 0.2) is 96.6 Å². The van der Waals surface area contributed by atoms with E-state index in [0.29, 0.717) is 46.9 Å². The molecule has 3 fully saturated rings.